The second-order valence-electron chi connectivity index (χ2n) is 4.13. The molecule has 0 amide bonds. The second-order valence-corrected chi connectivity index (χ2v) is 4.98. The Morgan fingerprint density at radius 2 is 2.00 bits per heavy atom. The molecule has 0 radical (unpaired) electrons. The lowest BCUT2D eigenvalue weighted by molar-refractivity contribution is 0.458. The summed E-state index contributed by atoms with van der Waals surface area (Å²) in [6.45, 7) is 2.03. The Hall–Kier alpha value is -1.62. The van der Waals surface area contributed by atoms with Crippen molar-refractivity contribution in [3.05, 3.63) is 40.5 Å². The van der Waals surface area contributed by atoms with Crippen LogP contribution < -0.4 is 9.64 Å². The summed E-state index contributed by atoms with van der Waals surface area (Å²) < 4.78 is 6.64. The number of ether oxygens (including phenoxy) is 1. The van der Waals surface area contributed by atoms with Crippen LogP contribution in [0.15, 0.2) is 34.9 Å². The monoisotopic (exact) mass is 307 g/mol. The van der Waals surface area contributed by atoms with Gasteiger partial charge >= 0.3 is 0 Å². The normalized spacial score (nSPS) is 10.2. The Morgan fingerprint density at radius 1 is 1.22 bits per heavy atom. The number of benzene rings is 1. The van der Waals surface area contributed by atoms with Crippen LogP contribution in [-0.2, 0) is 0 Å². The minimum Gasteiger partial charge on any atom is -0.438 e. The number of aromatic nitrogens is 2. The molecular formula is C13H14BrN3O. The standard InChI is InChI=1S/C13H14BrN3O/c1-9-4-5-11(10(14)8-9)18-12-6-7-15-13(16-12)17(2)3/h4-8H,1-3H3. The molecule has 0 saturated heterocycles. The molecule has 1 aromatic carbocycles. The van der Waals surface area contributed by atoms with Crippen molar-refractivity contribution >= 4 is 21.9 Å². The van der Waals surface area contributed by atoms with Crippen molar-refractivity contribution in [2.45, 2.75) is 6.92 Å². The van der Waals surface area contributed by atoms with Crippen molar-refractivity contribution in [3.8, 4) is 11.6 Å². The number of anilines is 1. The lowest BCUT2D eigenvalue weighted by Gasteiger charge is -2.12. The average molecular weight is 308 g/mol. The lowest BCUT2D eigenvalue weighted by Crippen LogP contribution is -2.12. The summed E-state index contributed by atoms with van der Waals surface area (Å²) in [5.74, 6) is 1.89. The van der Waals surface area contributed by atoms with E-state index in [1.54, 1.807) is 12.3 Å². The third-order valence-electron chi connectivity index (χ3n) is 2.32. The highest BCUT2D eigenvalue weighted by molar-refractivity contribution is 9.10. The van der Waals surface area contributed by atoms with Crippen LogP contribution >= 0.6 is 15.9 Å². The van der Waals surface area contributed by atoms with E-state index < -0.39 is 0 Å². The summed E-state index contributed by atoms with van der Waals surface area (Å²) in [6, 6.07) is 7.65. The summed E-state index contributed by atoms with van der Waals surface area (Å²) in [5, 5.41) is 0. The predicted octanol–water partition coefficient (Wildman–Crippen LogP) is 3.41. The van der Waals surface area contributed by atoms with Crippen LogP contribution in [0.4, 0.5) is 5.95 Å². The highest BCUT2D eigenvalue weighted by atomic mass is 79.9. The van der Waals surface area contributed by atoms with Gasteiger partial charge in [0.25, 0.3) is 0 Å². The van der Waals surface area contributed by atoms with E-state index in [-0.39, 0.29) is 0 Å². The molecule has 0 fully saturated rings. The maximum Gasteiger partial charge on any atom is 0.228 e. The number of hydrogen-bond acceptors (Lipinski definition) is 4. The molecule has 2 rings (SSSR count). The lowest BCUT2D eigenvalue weighted by atomic mass is 10.2. The van der Waals surface area contributed by atoms with Gasteiger partial charge in [0.15, 0.2) is 0 Å². The van der Waals surface area contributed by atoms with Crippen molar-refractivity contribution in [2.24, 2.45) is 0 Å². The molecule has 2 aromatic rings. The Labute approximate surface area is 115 Å². The maximum atomic E-state index is 5.73. The summed E-state index contributed by atoms with van der Waals surface area (Å²) in [7, 11) is 3.78. The minimum absolute atomic E-state index is 0.526. The van der Waals surface area contributed by atoms with E-state index in [0.29, 0.717) is 11.8 Å². The predicted molar refractivity (Wildman–Crippen MR) is 75.3 cm³/mol. The molecule has 18 heavy (non-hydrogen) atoms. The van der Waals surface area contributed by atoms with Crippen molar-refractivity contribution in [1.29, 1.82) is 0 Å². The van der Waals surface area contributed by atoms with Crippen molar-refractivity contribution < 1.29 is 4.74 Å². The molecule has 0 aliphatic heterocycles. The topological polar surface area (TPSA) is 38.2 Å². The zero-order valence-electron chi connectivity index (χ0n) is 10.5. The number of nitrogens with zero attached hydrogens (tertiary/aromatic N) is 3. The van der Waals surface area contributed by atoms with Gasteiger partial charge < -0.3 is 9.64 Å². The first kappa shape index (κ1) is 12.8. The van der Waals surface area contributed by atoms with E-state index in [9.17, 15) is 0 Å². The molecule has 0 aliphatic rings. The number of halogens is 1. The molecule has 0 atom stereocenters. The van der Waals surface area contributed by atoms with Gasteiger partial charge in [-0.2, -0.15) is 4.98 Å². The highest BCUT2D eigenvalue weighted by Gasteiger charge is 2.06. The second kappa shape index (κ2) is 5.35. The number of rotatable bonds is 3. The Balaban J connectivity index is 2.25. The Bertz CT molecular complexity index is 558. The summed E-state index contributed by atoms with van der Waals surface area (Å²) >= 11 is 3.47. The van der Waals surface area contributed by atoms with Gasteiger partial charge in [-0.15, -0.1) is 0 Å². The van der Waals surface area contributed by atoms with E-state index >= 15 is 0 Å². The molecule has 0 spiro atoms. The quantitative estimate of drug-likeness (QED) is 0.871. The first-order valence-electron chi connectivity index (χ1n) is 5.50. The smallest absolute Gasteiger partial charge is 0.228 e. The third-order valence-corrected chi connectivity index (χ3v) is 2.94. The van der Waals surface area contributed by atoms with Gasteiger partial charge in [-0.25, -0.2) is 4.98 Å². The van der Waals surface area contributed by atoms with Crippen LogP contribution in [0.25, 0.3) is 0 Å². The van der Waals surface area contributed by atoms with Gasteiger partial charge in [0.1, 0.15) is 5.75 Å². The summed E-state index contributed by atoms with van der Waals surface area (Å²) in [4.78, 5) is 10.3. The van der Waals surface area contributed by atoms with Crippen molar-refractivity contribution in [1.82, 2.24) is 9.97 Å². The van der Waals surface area contributed by atoms with E-state index in [0.717, 1.165) is 10.2 Å². The molecule has 0 unspecified atom stereocenters. The average Bonchev–Trinajstić information content (AvgIpc) is 2.33. The van der Waals surface area contributed by atoms with Crippen molar-refractivity contribution in [3.63, 3.8) is 0 Å². The van der Waals surface area contributed by atoms with Crippen LogP contribution in [0.1, 0.15) is 5.56 Å². The summed E-state index contributed by atoms with van der Waals surface area (Å²) in [6.07, 6.45) is 1.68. The Kier molecular flexibility index (Phi) is 3.81. The fourth-order valence-electron chi connectivity index (χ4n) is 1.41. The zero-order chi connectivity index (χ0) is 13.1. The van der Waals surface area contributed by atoms with Crippen LogP contribution in [0.5, 0.6) is 11.6 Å². The van der Waals surface area contributed by atoms with Crippen LogP contribution in [0.2, 0.25) is 0 Å². The van der Waals surface area contributed by atoms with Gasteiger partial charge in [0.05, 0.1) is 4.47 Å². The maximum absolute atomic E-state index is 5.73. The molecule has 5 heteroatoms. The molecule has 1 heterocycles. The van der Waals surface area contributed by atoms with E-state index in [1.807, 2.05) is 44.1 Å². The van der Waals surface area contributed by atoms with Crippen LogP contribution in [0.3, 0.4) is 0 Å². The Morgan fingerprint density at radius 3 is 2.67 bits per heavy atom. The van der Waals surface area contributed by atoms with Gasteiger partial charge in [-0.05, 0) is 40.5 Å². The molecule has 1 aromatic heterocycles. The van der Waals surface area contributed by atoms with E-state index in [4.69, 9.17) is 4.74 Å². The number of hydrogen-bond donors (Lipinski definition) is 0. The zero-order valence-corrected chi connectivity index (χ0v) is 12.1. The molecule has 0 N–H and O–H groups in total. The fraction of sp³-hybridized carbons (Fsp3) is 0.231. The van der Waals surface area contributed by atoms with E-state index in [1.165, 1.54) is 5.56 Å². The molecule has 94 valence electrons. The first-order valence-corrected chi connectivity index (χ1v) is 6.30. The molecule has 0 aliphatic carbocycles. The fourth-order valence-corrected chi connectivity index (χ4v) is 1.98. The van der Waals surface area contributed by atoms with Crippen molar-refractivity contribution in [2.75, 3.05) is 19.0 Å². The van der Waals surface area contributed by atoms with E-state index in [2.05, 4.69) is 25.9 Å². The molecule has 0 saturated carbocycles. The van der Waals surface area contributed by atoms with Gasteiger partial charge in [-0.1, -0.05) is 6.07 Å². The van der Waals surface area contributed by atoms with Crippen LogP contribution in [-0.4, -0.2) is 24.1 Å². The third kappa shape index (κ3) is 2.98. The first-order chi connectivity index (χ1) is 8.56. The molecular weight excluding hydrogens is 294 g/mol. The summed E-state index contributed by atoms with van der Waals surface area (Å²) in [5.41, 5.74) is 1.17. The molecule has 0 bridgehead atoms. The largest absolute Gasteiger partial charge is 0.438 e. The number of aryl methyl sites for hydroxylation is 1. The van der Waals surface area contributed by atoms with Gasteiger partial charge in [0, 0.05) is 26.4 Å². The SMILES string of the molecule is Cc1ccc(Oc2ccnc(N(C)C)n2)c(Br)c1. The highest BCUT2D eigenvalue weighted by Crippen LogP contribution is 2.29. The minimum atomic E-state index is 0.526. The molecule has 4 nitrogen and oxygen atoms in total. The van der Waals surface area contributed by atoms with Gasteiger partial charge in [-0.3, -0.25) is 0 Å². The van der Waals surface area contributed by atoms with Crippen LogP contribution in [0, 0.1) is 6.92 Å². The van der Waals surface area contributed by atoms with Gasteiger partial charge in [0.2, 0.25) is 11.8 Å².